The Hall–Kier alpha value is -2.82. The second-order valence-corrected chi connectivity index (χ2v) is 7.61. The number of rotatable bonds is 6. The largest absolute Gasteiger partial charge is 0.384 e. The Balaban J connectivity index is 1.76. The second kappa shape index (κ2) is 7.20. The van der Waals surface area contributed by atoms with Gasteiger partial charge in [0.05, 0.1) is 16.1 Å². The molecule has 0 radical (unpaired) electrons. The normalized spacial score (nSPS) is 11.4. The van der Waals surface area contributed by atoms with Gasteiger partial charge in [0.1, 0.15) is 6.07 Å². The predicted octanol–water partition coefficient (Wildman–Crippen LogP) is 2.90. The summed E-state index contributed by atoms with van der Waals surface area (Å²) in [5, 5.41) is 18.8. The van der Waals surface area contributed by atoms with Crippen molar-refractivity contribution in [1.82, 2.24) is 4.98 Å². The number of aromatic nitrogens is 1. The van der Waals surface area contributed by atoms with Crippen LogP contribution in [0.4, 0.5) is 5.69 Å². The van der Waals surface area contributed by atoms with Crippen molar-refractivity contribution in [2.75, 3.05) is 11.9 Å². The number of hydrogen-bond acceptors (Lipinski definition) is 4. The Labute approximate surface area is 152 Å². The molecule has 0 atom stereocenters. The van der Waals surface area contributed by atoms with Crippen molar-refractivity contribution >= 4 is 26.6 Å². The maximum Gasteiger partial charge on any atom is 0.238 e. The lowest BCUT2D eigenvalue weighted by molar-refractivity contribution is 0.598. The quantitative estimate of drug-likeness (QED) is 0.621. The van der Waals surface area contributed by atoms with Crippen LogP contribution in [0.2, 0.25) is 0 Å². The number of nitrogens with one attached hydrogen (secondary N) is 2. The third kappa shape index (κ3) is 3.57. The van der Waals surface area contributed by atoms with Crippen LogP contribution in [-0.2, 0) is 22.9 Å². The number of fused-ring (bicyclic) bond motifs is 1. The first-order valence-corrected chi connectivity index (χ1v) is 9.87. The Morgan fingerprint density at radius 1 is 1.23 bits per heavy atom. The average molecular weight is 368 g/mol. The molecular formula is C19H20N4O2S. The summed E-state index contributed by atoms with van der Waals surface area (Å²) in [4.78, 5) is 3.28. The van der Waals surface area contributed by atoms with Crippen LogP contribution >= 0.6 is 0 Å². The molecule has 0 unspecified atom stereocenters. The highest BCUT2D eigenvalue weighted by molar-refractivity contribution is 7.89. The maximum atomic E-state index is 11.4. The number of primary sulfonamides is 1. The van der Waals surface area contributed by atoms with E-state index in [-0.39, 0.29) is 10.5 Å². The highest BCUT2D eigenvalue weighted by atomic mass is 32.2. The van der Waals surface area contributed by atoms with E-state index in [9.17, 15) is 13.7 Å². The topological polar surface area (TPSA) is 112 Å². The highest BCUT2D eigenvalue weighted by Crippen LogP contribution is 2.23. The minimum Gasteiger partial charge on any atom is -0.384 e. The molecule has 0 saturated carbocycles. The molecule has 0 aliphatic rings. The van der Waals surface area contributed by atoms with Crippen LogP contribution in [0.5, 0.6) is 0 Å². The minimum atomic E-state index is -3.82. The van der Waals surface area contributed by atoms with E-state index in [0.29, 0.717) is 12.2 Å². The fourth-order valence-corrected chi connectivity index (χ4v) is 3.60. The molecule has 0 amide bonds. The van der Waals surface area contributed by atoms with Gasteiger partial charge < -0.3 is 10.3 Å². The van der Waals surface area contributed by atoms with E-state index >= 15 is 0 Å². The molecule has 0 bridgehead atoms. The fraction of sp³-hybridized carbons (Fsp3) is 0.211. The Kier molecular flexibility index (Phi) is 4.98. The van der Waals surface area contributed by atoms with Gasteiger partial charge in [-0.2, -0.15) is 5.26 Å². The summed E-state index contributed by atoms with van der Waals surface area (Å²) in [6, 6.07) is 12.5. The second-order valence-electron chi connectivity index (χ2n) is 6.05. The Morgan fingerprint density at radius 2 is 2.04 bits per heavy atom. The summed E-state index contributed by atoms with van der Waals surface area (Å²) < 4.78 is 22.8. The first kappa shape index (κ1) is 18.0. The lowest BCUT2D eigenvalue weighted by Crippen LogP contribution is -2.13. The molecule has 0 spiro atoms. The van der Waals surface area contributed by atoms with Gasteiger partial charge in [0, 0.05) is 23.6 Å². The zero-order valence-corrected chi connectivity index (χ0v) is 15.2. The molecule has 1 heterocycles. The molecule has 4 N–H and O–H groups in total. The summed E-state index contributed by atoms with van der Waals surface area (Å²) in [6.07, 6.45) is 3.76. The van der Waals surface area contributed by atoms with Crippen LogP contribution in [0.1, 0.15) is 23.6 Å². The standard InChI is InChI=1S/C19H20N4O2S/c1-2-13-4-3-5-17-14(12-23-19(13)17)8-9-22-18-7-6-16(26(21,24)25)10-15(18)11-20/h3-7,10,12,22-23H,2,8-9H2,1H3,(H2,21,24,25). The van der Waals surface area contributed by atoms with Crippen LogP contribution in [-0.4, -0.2) is 19.9 Å². The number of nitriles is 1. The molecule has 1 aromatic heterocycles. The molecule has 134 valence electrons. The van der Waals surface area contributed by atoms with Crippen molar-refractivity contribution in [2.45, 2.75) is 24.7 Å². The number of anilines is 1. The molecule has 0 fully saturated rings. The van der Waals surface area contributed by atoms with Crippen LogP contribution < -0.4 is 10.5 Å². The minimum absolute atomic E-state index is 0.0664. The summed E-state index contributed by atoms with van der Waals surface area (Å²) >= 11 is 0. The first-order chi connectivity index (χ1) is 12.4. The molecule has 0 saturated heterocycles. The zero-order valence-electron chi connectivity index (χ0n) is 14.4. The number of hydrogen-bond donors (Lipinski definition) is 3. The van der Waals surface area contributed by atoms with Gasteiger partial charge in [-0.05, 0) is 42.2 Å². The zero-order chi connectivity index (χ0) is 18.7. The molecule has 7 heteroatoms. The number of nitrogens with two attached hydrogens (primary N) is 1. The van der Waals surface area contributed by atoms with E-state index in [2.05, 4.69) is 35.4 Å². The maximum absolute atomic E-state index is 11.4. The lowest BCUT2D eigenvalue weighted by atomic mass is 10.1. The third-order valence-electron chi connectivity index (χ3n) is 4.42. The van der Waals surface area contributed by atoms with Gasteiger partial charge in [0.2, 0.25) is 10.0 Å². The number of nitrogens with zero attached hydrogens (tertiary/aromatic N) is 1. The number of H-pyrrole nitrogens is 1. The molecule has 0 aliphatic carbocycles. The number of aryl methyl sites for hydroxylation is 1. The monoisotopic (exact) mass is 368 g/mol. The van der Waals surface area contributed by atoms with Gasteiger partial charge in [-0.15, -0.1) is 0 Å². The number of sulfonamides is 1. The van der Waals surface area contributed by atoms with Crippen LogP contribution in [0.3, 0.4) is 0 Å². The van der Waals surface area contributed by atoms with E-state index in [0.717, 1.165) is 12.8 Å². The van der Waals surface area contributed by atoms with Crippen molar-refractivity contribution in [3.8, 4) is 6.07 Å². The van der Waals surface area contributed by atoms with Crippen LogP contribution in [0.15, 0.2) is 47.5 Å². The smallest absolute Gasteiger partial charge is 0.238 e. The van der Waals surface area contributed by atoms with Gasteiger partial charge in [0.15, 0.2) is 0 Å². The summed E-state index contributed by atoms with van der Waals surface area (Å²) in [7, 11) is -3.82. The number of para-hydroxylation sites is 1. The van der Waals surface area contributed by atoms with Crippen molar-refractivity contribution in [2.24, 2.45) is 5.14 Å². The summed E-state index contributed by atoms with van der Waals surface area (Å²) in [5.41, 5.74) is 4.49. The van der Waals surface area contributed by atoms with Gasteiger partial charge in [-0.1, -0.05) is 25.1 Å². The summed E-state index contributed by atoms with van der Waals surface area (Å²) in [5.74, 6) is 0. The molecule has 3 aromatic rings. The van der Waals surface area contributed by atoms with Crippen LogP contribution in [0, 0.1) is 11.3 Å². The molecule has 2 aromatic carbocycles. The first-order valence-electron chi connectivity index (χ1n) is 8.32. The van der Waals surface area contributed by atoms with E-state index in [1.54, 1.807) is 6.07 Å². The van der Waals surface area contributed by atoms with Gasteiger partial charge in [-0.25, -0.2) is 13.6 Å². The summed E-state index contributed by atoms with van der Waals surface area (Å²) in [6.45, 7) is 2.75. The highest BCUT2D eigenvalue weighted by Gasteiger charge is 2.12. The molecule has 6 nitrogen and oxygen atoms in total. The Bertz CT molecular complexity index is 1090. The van der Waals surface area contributed by atoms with Crippen molar-refractivity contribution in [3.05, 3.63) is 59.3 Å². The SMILES string of the molecule is CCc1cccc2c(CCNc3ccc(S(N)(=O)=O)cc3C#N)c[nH]c12. The van der Waals surface area contributed by atoms with E-state index in [1.165, 1.54) is 34.2 Å². The van der Waals surface area contributed by atoms with Gasteiger partial charge in [-0.3, -0.25) is 0 Å². The van der Waals surface area contributed by atoms with Crippen molar-refractivity contribution in [1.29, 1.82) is 5.26 Å². The predicted molar refractivity (Wildman–Crippen MR) is 102 cm³/mol. The van der Waals surface area contributed by atoms with Crippen LogP contribution in [0.25, 0.3) is 10.9 Å². The van der Waals surface area contributed by atoms with E-state index in [4.69, 9.17) is 5.14 Å². The fourth-order valence-electron chi connectivity index (χ4n) is 3.06. The molecular weight excluding hydrogens is 348 g/mol. The van der Waals surface area contributed by atoms with Gasteiger partial charge >= 0.3 is 0 Å². The number of aromatic amines is 1. The number of benzene rings is 2. The Morgan fingerprint density at radius 3 is 2.73 bits per heavy atom. The average Bonchev–Trinajstić information content (AvgIpc) is 3.04. The van der Waals surface area contributed by atoms with Crippen molar-refractivity contribution < 1.29 is 8.42 Å². The molecule has 0 aliphatic heterocycles. The lowest BCUT2D eigenvalue weighted by Gasteiger charge is -2.09. The van der Waals surface area contributed by atoms with E-state index < -0.39 is 10.0 Å². The molecule has 3 rings (SSSR count). The third-order valence-corrected chi connectivity index (χ3v) is 5.33. The molecule has 26 heavy (non-hydrogen) atoms. The van der Waals surface area contributed by atoms with Gasteiger partial charge in [0.25, 0.3) is 0 Å². The van der Waals surface area contributed by atoms with Crippen molar-refractivity contribution in [3.63, 3.8) is 0 Å². The van der Waals surface area contributed by atoms with E-state index in [1.807, 2.05) is 12.3 Å².